The van der Waals surface area contributed by atoms with Gasteiger partial charge in [0.25, 0.3) is 0 Å². The van der Waals surface area contributed by atoms with E-state index in [9.17, 15) is 67.1 Å². The van der Waals surface area contributed by atoms with Gasteiger partial charge in [-0.1, -0.05) is 130 Å². The number of rotatable bonds is 21. The zero-order valence-electron chi connectivity index (χ0n) is 63.9. The molecule has 0 radical (unpaired) electrons. The highest BCUT2D eigenvalue weighted by Crippen LogP contribution is 2.24. The SMILES string of the molecule is CC[C@H](C)[C@H]1C(=O)NCCC(=O)N[C@H]([C@@H](C)CC)C(=O)N(C)[C@@H](C(C)C)C(=O)N(C)[C@@H](C)C(=O)NCCC(=O)N[C@H](CC(C)C)C(=O)N(C)[C@H]([C@@H](C)CC)C(=O)O[C@H](C)[C@H](NC(=O)[C@@H](CC(C)C)N(C)C(=O)[C@@H](NC(=O)CSC)C(C)C)C(=O)NCCC(=O)N[C@H](CC(C)C)C(=O)N1C. The number of likely N-dealkylation sites (N-methyl/N-ethyl adjacent to an activating group) is 5. The second-order valence-corrected chi connectivity index (χ2v) is 29.7. The molecule has 0 unspecified atom stereocenters. The monoisotopic (exact) mass is 1420 g/mol. The molecule has 28 nitrogen and oxygen atoms in total. The Morgan fingerprint density at radius 2 is 0.990 bits per heavy atom. The Labute approximate surface area is 594 Å². The van der Waals surface area contributed by atoms with Crippen LogP contribution in [-0.4, -0.2) is 241 Å². The largest absolute Gasteiger partial charge is 0.458 e. The molecule has 566 valence electrons. The van der Waals surface area contributed by atoms with Crippen LogP contribution >= 0.6 is 11.8 Å². The molecular weight excluding hydrogens is 1290 g/mol. The van der Waals surface area contributed by atoms with E-state index in [1.54, 1.807) is 61.6 Å². The van der Waals surface area contributed by atoms with Gasteiger partial charge in [0, 0.05) is 74.1 Å². The van der Waals surface area contributed by atoms with Crippen LogP contribution < -0.4 is 42.5 Å². The second kappa shape index (κ2) is 43.6. The van der Waals surface area contributed by atoms with Crippen LogP contribution in [0.5, 0.6) is 0 Å². The maximum Gasteiger partial charge on any atom is 0.329 e. The molecule has 0 bridgehead atoms. The minimum atomic E-state index is -1.71. The molecular formula is C70H125N13O15S. The van der Waals surface area contributed by atoms with Crippen LogP contribution in [-0.2, 0) is 71.9 Å². The van der Waals surface area contributed by atoms with Crippen molar-refractivity contribution in [2.75, 3.05) is 66.9 Å². The lowest BCUT2D eigenvalue weighted by molar-refractivity contribution is -0.163. The maximum absolute atomic E-state index is 14.8. The molecule has 99 heavy (non-hydrogen) atoms. The minimum Gasteiger partial charge on any atom is -0.458 e. The second-order valence-electron chi connectivity index (χ2n) is 28.8. The van der Waals surface area contributed by atoms with E-state index >= 15 is 0 Å². The maximum atomic E-state index is 14.8. The average molecular weight is 1420 g/mol. The fraction of sp³-hybridized carbons (Fsp3) is 0.800. The molecule has 1 fully saturated rings. The fourth-order valence-corrected chi connectivity index (χ4v) is 12.2. The number of esters is 1. The van der Waals surface area contributed by atoms with Gasteiger partial charge in [-0.05, 0) is 86.7 Å². The summed E-state index contributed by atoms with van der Waals surface area (Å²) in [5, 5.41) is 22.0. The van der Waals surface area contributed by atoms with Crippen LogP contribution in [0.15, 0.2) is 0 Å². The lowest BCUT2D eigenvalue weighted by Gasteiger charge is -2.37. The highest BCUT2D eigenvalue weighted by molar-refractivity contribution is 7.99. The van der Waals surface area contributed by atoms with Crippen LogP contribution in [0.2, 0.25) is 0 Å². The summed E-state index contributed by atoms with van der Waals surface area (Å²) in [5.41, 5.74) is 0. The summed E-state index contributed by atoms with van der Waals surface area (Å²) in [7, 11) is 7.12. The number of nitrogens with zero attached hydrogens (tertiary/aromatic N) is 5. The molecule has 8 N–H and O–H groups in total. The Hall–Kier alpha value is -7.07. The van der Waals surface area contributed by atoms with Crippen LogP contribution in [0.25, 0.3) is 0 Å². The van der Waals surface area contributed by atoms with Gasteiger partial charge in [0.05, 0.1) is 5.75 Å². The lowest BCUT2D eigenvalue weighted by Crippen LogP contribution is -2.61. The van der Waals surface area contributed by atoms with Crippen molar-refractivity contribution in [1.82, 2.24) is 67.0 Å². The number of cyclic esters (lactones) is 1. The van der Waals surface area contributed by atoms with E-state index in [1.165, 1.54) is 85.3 Å². The van der Waals surface area contributed by atoms with E-state index < -0.39 is 179 Å². The smallest absolute Gasteiger partial charge is 0.329 e. The minimum absolute atomic E-state index is 0.0789. The van der Waals surface area contributed by atoms with E-state index in [-0.39, 0.29) is 81.2 Å². The summed E-state index contributed by atoms with van der Waals surface area (Å²) in [5.74, 6) is -11.9. The van der Waals surface area contributed by atoms with Crippen LogP contribution in [0.4, 0.5) is 0 Å². The number of carbonyl (C=O) groups is 14. The molecule has 0 aliphatic carbocycles. The molecule has 1 rings (SSSR count). The number of hydrogen-bond donors (Lipinski definition) is 8. The van der Waals surface area contributed by atoms with E-state index in [2.05, 4.69) is 42.5 Å². The zero-order chi connectivity index (χ0) is 76.2. The van der Waals surface area contributed by atoms with Crippen molar-refractivity contribution in [2.45, 2.75) is 249 Å². The first kappa shape index (κ1) is 89.9. The highest BCUT2D eigenvalue weighted by Gasteiger charge is 2.43. The highest BCUT2D eigenvalue weighted by atomic mass is 32.2. The molecule has 0 saturated carbocycles. The molecule has 0 aromatic rings. The lowest BCUT2D eigenvalue weighted by atomic mass is 9.94. The predicted molar refractivity (Wildman–Crippen MR) is 381 cm³/mol. The Morgan fingerprint density at radius 3 is 1.42 bits per heavy atom. The average Bonchev–Trinajstić information content (AvgIpc) is 0.834. The molecule has 0 aromatic heterocycles. The number of amides is 13. The van der Waals surface area contributed by atoms with Crippen molar-refractivity contribution < 1.29 is 71.9 Å². The number of carbonyl (C=O) groups excluding carboxylic acids is 14. The van der Waals surface area contributed by atoms with E-state index in [1.807, 2.05) is 55.4 Å². The molecule has 1 saturated heterocycles. The fourth-order valence-electron chi connectivity index (χ4n) is 11.8. The Kier molecular flexibility index (Phi) is 39.6. The first-order chi connectivity index (χ1) is 46.1. The first-order valence-corrected chi connectivity index (χ1v) is 36.8. The molecule has 0 spiro atoms. The van der Waals surface area contributed by atoms with Crippen molar-refractivity contribution in [2.24, 2.45) is 47.3 Å². The van der Waals surface area contributed by atoms with Crippen molar-refractivity contribution in [3.05, 3.63) is 0 Å². The number of nitrogens with one attached hydrogen (secondary N) is 8. The third-order valence-electron chi connectivity index (χ3n) is 18.5. The number of ether oxygens (including phenoxy) is 1. The third kappa shape index (κ3) is 28.1. The molecule has 0 aromatic carbocycles. The standard InChI is InChI=1S/C70H125N13O15S/c1-25-43(14)56-68(95)81(21)58(42(12)13)69(96)79(19)46(17)61(88)71-31-28-51(84)75-49(35-39(6)7)66(93)83(23)60(45(16)27-3)70(97)98-47(18)57(78-62(89)50(36-40(8)9)80(20)67(94)55(41(10)11)77-54(87)37-99-24)63(90)72-32-29-52(85)74-48(34-38(4)5)65(92)82(22)59(44(15)26-2)64(91)73-33-30-53(86)76-56/h38-50,55-60H,25-37H2,1-24H3,(H,71,88)(H,72,90)(H,73,91)(H,74,85)(H,75,84)(H,76,86)(H,77,87)(H,78,89)/t43-,44-,45-,46-,47+,48+,49+,50+,55-,56+,57-,58-,59-,60+/m0/s1. The Morgan fingerprint density at radius 1 is 0.556 bits per heavy atom. The van der Waals surface area contributed by atoms with E-state index in [0.717, 1.165) is 0 Å². The van der Waals surface area contributed by atoms with Crippen molar-refractivity contribution in [3.8, 4) is 0 Å². The molecule has 13 amide bonds. The summed E-state index contributed by atoms with van der Waals surface area (Å²) < 4.78 is 6.11. The molecule has 1 aliphatic heterocycles. The van der Waals surface area contributed by atoms with Crippen molar-refractivity contribution in [3.63, 3.8) is 0 Å². The number of hydrogen-bond acceptors (Lipinski definition) is 16. The molecule has 1 aliphatic rings. The quantitative estimate of drug-likeness (QED) is 0.0766. The summed E-state index contributed by atoms with van der Waals surface area (Å²) in [6.45, 7) is 30.8. The van der Waals surface area contributed by atoms with Gasteiger partial charge >= 0.3 is 5.97 Å². The van der Waals surface area contributed by atoms with E-state index in [0.29, 0.717) is 19.3 Å². The molecule has 29 heteroatoms. The first-order valence-electron chi connectivity index (χ1n) is 35.4. The van der Waals surface area contributed by atoms with E-state index in [4.69, 9.17) is 4.74 Å². The topological polar surface area (TPSA) is 361 Å². The van der Waals surface area contributed by atoms with Gasteiger partial charge in [0.1, 0.15) is 66.5 Å². The van der Waals surface area contributed by atoms with Crippen molar-refractivity contribution in [1.29, 1.82) is 0 Å². The molecule has 14 atom stereocenters. The van der Waals surface area contributed by atoms with Gasteiger partial charge < -0.3 is 71.8 Å². The summed E-state index contributed by atoms with van der Waals surface area (Å²) in [6, 6.07) is -12.1. The van der Waals surface area contributed by atoms with Crippen LogP contribution in [0, 0.1) is 47.3 Å². The van der Waals surface area contributed by atoms with Gasteiger partial charge in [-0.3, -0.25) is 62.3 Å². The number of thioether (sulfide) groups is 1. The predicted octanol–water partition coefficient (Wildman–Crippen LogP) is 2.98. The summed E-state index contributed by atoms with van der Waals surface area (Å²) >= 11 is 1.27. The van der Waals surface area contributed by atoms with Gasteiger partial charge in [-0.25, -0.2) is 4.79 Å². The third-order valence-corrected chi connectivity index (χ3v) is 19.0. The van der Waals surface area contributed by atoms with Crippen LogP contribution in [0.1, 0.15) is 182 Å². The van der Waals surface area contributed by atoms with Crippen LogP contribution in [0.3, 0.4) is 0 Å². The normalized spacial score (nSPS) is 24.8. The van der Waals surface area contributed by atoms with Gasteiger partial charge in [-0.15, -0.1) is 0 Å². The zero-order valence-corrected chi connectivity index (χ0v) is 64.7. The molecule has 1 heterocycles. The Bertz CT molecular complexity index is 2730. The van der Waals surface area contributed by atoms with Gasteiger partial charge in [-0.2, -0.15) is 11.8 Å². The Balaban J connectivity index is 4.18. The summed E-state index contributed by atoms with van der Waals surface area (Å²) in [6.07, 6.45) is 0.820. The summed E-state index contributed by atoms with van der Waals surface area (Å²) in [4.78, 5) is 205. The van der Waals surface area contributed by atoms with Crippen molar-refractivity contribution >= 4 is 94.5 Å². The van der Waals surface area contributed by atoms with Gasteiger partial charge in [0.15, 0.2) is 0 Å². The van der Waals surface area contributed by atoms with Gasteiger partial charge in [0.2, 0.25) is 76.8 Å².